The van der Waals surface area contributed by atoms with E-state index in [2.05, 4.69) is 98.1 Å². The van der Waals surface area contributed by atoms with Gasteiger partial charge in [-0.15, -0.1) is 0 Å². The summed E-state index contributed by atoms with van der Waals surface area (Å²) in [7, 11) is 2.13. The molecule has 3 heterocycles. The van der Waals surface area contributed by atoms with Crippen LogP contribution in [-0.4, -0.2) is 4.40 Å². The van der Waals surface area contributed by atoms with Crippen LogP contribution in [0.25, 0.3) is 53.8 Å². The van der Waals surface area contributed by atoms with E-state index >= 15 is 0 Å². The fourth-order valence-electron chi connectivity index (χ4n) is 5.72. The Morgan fingerprint density at radius 1 is 0.939 bits per heavy atom. The Hall–Kier alpha value is -3.64. The van der Waals surface area contributed by atoms with Crippen LogP contribution in [0.4, 0.5) is 5.69 Å². The minimum atomic E-state index is 0.220. The zero-order chi connectivity index (χ0) is 23.2. The summed E-state index contributed by atoms with van der Waals surface area (Å²) in [5.41, 5.74) is 9.76. The summed E-state index contributed by atoms with van der Waals surface area (Å²) in [6, 6.07) is 15.6. The zero-order valence-corrected chi connectivity index (χ0v) is 20.2. The summed E-state index contributed by atoms with van der Waals surface area (Å²) in [4.78, 5) is 3.82. The number of nitrogens with zero attached hydrogens (tertiary/aromatic N) is 3. The van der Waals surface area contributed by atoms with E-state index in [0.29, 0.717) is 5.69 Å². The van der Waals surface area contributed by atoms with Crippen LogP contribution in [0.5, 0.6) is 0 Å². The van der Waals surface area contributed by atoms with Gasteiger partial charge < -0.3 is 4.40 Å². The molecule has 33 heavy (non-hydrogen) atoms. The van der Waals surface area contributed by atoms with Gasteiger partial charge in [0.15, 0.2) is 11.9 Å². The molecular formula is C30H28N3+. The summed E-state index contributed by atoms with van der Waals surface area (Å²) in [6.07, 6.45) is 3.15. The highest BCUT2D eigenvalue weighted by atomic mass is 15.0. The van der Waals surface area contributed by atoms with Gasteiger partial charge in [0, 0.05) is 16.8 Å². The molecule has 0 unspecified atom stereocenters. The van der Waals surface area contributed by atoms with Gasteiger partial charge in [-0.3, -0.25) is 0 Å². The highest BCUT2D eigenvalue weighted by Gasteiger charge is 2.25. The molecular weight excluding hydrogens is 402 g/mol. The molecule has 0 aliphatic rings. The monoisotopic (exact) mass is 430 g/mol. The van der Waals surface area contributed by atoms with Crippen molar-refractivity contribution >= 4 is 54.7 Å². The summed E-state index contributed by atoms with van der Waals surface area (Å²) < 4.78 is 4.68. The number of aryl methyl sites for hydroxylation is 3. The Morgan fingerprint density at radius 3 is 2.45 bits per heavy atom. The van der Waals surface area contributed by atoms with E-state index in [1.165, 1.54) is 54.8 Å². The molecule has 0 spiro atoms. The molecule has 3 nitrogen and oxygen atoms in total. The molecule has 0 atom stereocenters. The predicted octanol–water partition coefficient (Wildman–Crippen LogP) is 7.57. The van der Waals surface area contributed by atoms with Crippen LogP contribution in [0.2, 0.25) is 0 Å². The first-order valence-electron chi connectivity index (χ1n) is 11.6. The molecule has 0 bridgehead atoms. The second-order valence-corrected chi connectivity index (χ2v) is 10.8. The van der Waals surface area contributed by atoms with Gasteiger partial charge in [-0.05, 0) is 72.0 Å². The average molecular weight is 431 g/mol. The number of hydrogen-bond donors (Lipinski definition) is 0. The van der Waals surface area contributed by atoms with Crippen molar-refractivity contribution in [2.45, 2.75) is 41.0 Å². The van der Waals surface area contributed by atoms with Crippen molar-refractivity contribution in [2.75, 3.05) is 0 Å². The molecule has 6 rings (SSSR count). The molecule has 0 saturated heterocycles. The van der Waals surface area contributed by atoms with Crippen LogP contribution in [0.15, 0.2) is 48.7 Å². The molecule has 0 radical (unpaired) electrons. The van der Waals surface area contributed by atoms with Crippen molar-refractivity contribution in [3.8, 4) is 0 Å². The SMILES string of the molecule is [C-]#[N+]c1cc2cc[n+](C)c3c4c(C)c(C)cc5c6ccc(CC(C)(C)C)cc6n(c(c1)c23)c54. The van der Waals surface area contributed by atoms with Gasteiger partial charge in [-0.1, -0.05) is 32.9 Å². The fraction of sp³-hybridized carbons (Fsp3) is 0.267. The normalized spacial score (nSPS) is 12.6. The number of aromatic nitrogens is 2. The maximum Gasteiger partial charge on any atom is 0.224 e. The van der Waals surface area contributed by atoms with E-state index in [9.17, 15) is 0 Å². The molecule has 3 aromatic carbocycles. The first-order chi connectivity index (χ1) is 15.7. The topological polar surface area (TPSA) is 12.7 Å². The van der Waals surface area contributed by atoms with Crippen molar-refractivity contribution in [2.24, 2.45) is 12.5 Å². The maximum absolute atomic E-state index is 7.73. The largest absolute Gasteiger partial charge is 0.309 e. The Kier molecular flexibility index (Phi) is 3.91. The molecule has 0 amide bonds. The number of fused-ring (bicyclic) bond motifs is 5. The lowest BCUT2D eigenvalue weighted by Crippen LogP contribution is -2.29. The van der Waals surface area contributed by atoms with Crippen molar-refractivity contribution in [1.82, 2.24) is 4.40 Å². The molecule has 0 aliphatic carbocycles. The van der Waals surface area contributed by atoms with Gasteiger partial charge in [0.2, 0.25) is 5.52 Å². The van der Waals surface area contributed by atoms with Crippen LogP contribution >= 0.6 is 0 Å². The van der Waals surface area contributed by atoms with Gasteiger partial charge in [0.05, 0.1) is 33.9 Å². The van der Waals surface area contributed by atoms with E-state index in [4.69, 9.17) is 6.57 Å². The van der Waals surface area contributed by atoms with E-state index in [0.717, 1.165) is 17.3 Å². The number of pyridine rings is 2. The highest BCUT2D eigenvalue weighted by Crippen LogP contribution is 2.43. The minimum Gasteiger partial charge on any atom is -0.309 e. The van der Waals surface area contributed by atoms with Crippen molar-refractivity contribution in [1.29, 1.82) is 0 Å². The Morgan fingerprint density at radius 2 is 1.73 bits per heavy atom. The third-order valence-corrected chi connectivity index (χ3v) is 7.18. The van der Waals surface area contributed by atoms with Crippen LogP contribution in [-0.2, 0) is 13.5 Å². The highest BCUT2D eigenvalue weighted by molar-refractivity contribution is 6.26. The number of hydrogen-bond acceptors (Lipinski definition) is 0. The van der Waals surface area contributed by atoms with Gasteiger partial charge in [0.25, 0.3) is 0 Å². The third-order valence-electron chi connectivity index (χ3n) is 7.18. The van der Waals surface area contributed by atoms with Crippen molar-refractivity contribution < 1.29 is 4.57 Å². The quantitative estimate of drug-likeness (QED) is 0.110. The van der Waals surface area contributed by atoms with Gasteiger partial charge in [0.1, 0.15) is 7.05 Å². The lowest BCUT2D eigenvalue weighted by molar-refractivity contribution is -0.643. The summed E-state index contributed by atoms with van der Waals surface area (Å²) in [5, 5.41) is 6.24. The Balaban J connectivity index is 1.97. The summed E-state index contributed by atoms with van der Waals surface area (Å²) >= 11 is 0. The van der Waals surface area contributed by atoms with Gasteiger partial charge in [-0.2, -0.15) is 0 Å². The van der Waals surface area contributed by atoms with Crippen molar-refractivity contribution in [3.05, 3.63) is 76.8 Å². The lowest BCUT2D eigenvalue weighted by atomic mass is 9.88. The van der Waals surface area contributed by atoms with Crippen LogP contribution in [0.1, 0.15) is 37.5 Å². The van der Waals surface area contributed by atoms with E-state index < -0.39 is 0 Å². The first-order valence-corrected chi connectivity index (χ1v) is 11.6. The van der Waals surface area contributed by atoms with Crippen LogP contribution in [0.3, 0.4) is 0 Å². The smallest absolute Gasteiger partial charge is 0.224 e. The van der Waals surface area contributed by atoms with Gasteiger partial charge in [-0.25, -0.2) is 9.41 Å². The molecule has 0 N–H and O–H groups in total. The Bertz CT molecular complexity index is 1800. The molecule has 6 aromatic rings. The average Bonchev–Trinajstić information content (AvgIpc) is 3.07. The molecule has 0 fully saturated rings. The van der Waals surface area contributed by atoms with E-state index in [-0.39, 0.29) is 5.41 Å². The van der Waals surface area contributed by atoms with E-state index in [1.807, 2.05) is 6.07 Å². The first kappa shape index (κ1) is 20.0. The second-order valence-electron chi connectivity index (χ2n) is 10.8. The molecule has 3 aromatic heterocycles. The summed E-state index contributed by atoms with van der Waals surface area (Å²) in [5.74, 6) is 0. The van der Waals surface area contributed by atoms with Crippen molar-refractivity contribution in [3.63, 3.8) is 0 Å². The molecule has 0 aliphatic heterocycles. The molecule has 3 heteroatoms. The van der Waals surface area contributed by atoms with E-state index in [1.54, 1.807) is 0 Å². The Labute approximate surface area is 194 Å². The van der Waals surface area contributed by atoms with Crippen LogP contribution < -0.4 is 4.57 Å². The standard InChI is InChI=1S/C30H28N3/c1-17-12-23-22-9-8-19(16-30(3,4)5)13-24(22)33-25-15-21(31-6)14-20-10-11-32(7)29(27(20)25)26(18(17)2)28(23)33/h8-15H,16H2,1-5,7H3/q+1. The minimum absolute atomic E-state index is 0.220. The zero-order valence-electron chi connectivity index (χ0n) is 20.2. The summed E-state index contributed by atoms with van der Waals surface area (Å²) in [6.45, 7) is 19.1. The number of benzene rings is 3. The number of rotatable bonds is 1. The lowest BCUT2D eigenvalue weighted by Gasteiger charge is -2.18. The van der Waals surface area contributed by atoms with Gasteiger partial charge >= 0.3 is 0 Å². The third kappa shape index (κ3) is 2.70. The fourth-order valence-corrected chi connectivity index (χ4v) is 5.72. The second kappa shape index (κ2) is 6.45. The molecule has 162 valence electrons. The molecule has 0 saturated carbocycles. The van der Waals surface area contributed by atoms with Crippen LogP contribution in [0, 0.1) is 25.8 Å². The predicted molar refractivity (Wildman–Crippen MR) is 139 cm³/mol. The maximum atomic E-state index is 7.73.